The molecule has 22 heavy (non-hydrogen) atoms. The summed E-state index contributed by atoms with van der Waals surface area (Å²) in [5.41, 5.74) is 1.45. The lowest BCUT2D eigenvalue weighted by Gasteiger charge is -2.38. The Morgan fingerprint density at radius 3 is 2.18 bits per heavy atom. The van der Waals surface area contributed by atoms with Gasteiger partial charge in [0, 0.05) is 31.2 Å². The van der Waals surface area contributed by atoms with Gasteiger partial charge < -0.3 is 9.80 Å². The molecular formula is C18H31ClN2Si. The Bertz CT molecular complexity index is 439. The molecule has 0 aromatic heterocycles. The molecule has 124 valence electrons. The van der Waals surface area contributed by atoms with Gasteiger partial charge in [-0.25, -0.2) is 0 Å². The molecule has 0 unspecified atom stereocenters. The molecule has 2 rings (SSSR count). The second kappa shape index (κ2) is 8.49. The van der Waals surface area contributed by atoms with Crippen LogP contribution in [-0.2, 0) is 6.04 Å². The van der Waals surface area contributed by atoms with Crippen LogP contribution in [0.3, 0.4) is 0 Å². The van der Waals surface area contributed by atoms with Gasteiger partial charge in [0.1, 0.15) is 0 Å². The van der Waals surface area contributed by atoms with Crippen LogP contribution in [0, 0.1) is 0 Å². The van der Waals surface area contributed by atoms with E-state index in [0.717, 1.165) is 5.02 Å². The summed E-state index contributed by atoms with van der Waals surface area (Å²) in [6, 6.07) is 9.68. The molecule has 1 saturated heterocycles. The highest BCUT2D eigenvalue weighted by atomic mass is 35.5. The highest BCUT2D eigenvalue weighted by Crippen LogP contribution is 2.17. The molecule has 0 aliphatic carbocycles. The van der Waals surface area contributed by atoms with Gasteiger partial charge in [0.15, 0.2) is 0 Å². The summed E-state index contributed by atoms with van der Waals surface area (Å²) in [6.45, 7) is 13.6. The van der Waals surface area contributed by atoms with Crippen molar-refractivity contribution >= 4 is 19.7 Å². The van der Waals surface area contributed by atoms with Gasteiger partial charge >= 0.3 is 0 Å². The number of hydrogen-bond donors (Lipinski definition) is 0. The Labute approximate surface area is 142 Å². The molecule has 0 atom stereocenters. The highest BCUT2D eigenvalue weighted by molar-refractivity contribution is 6.77. The zero-order valence-corrected chi connectivity index (χ0v) is 16.2. The molecule has 0 amide bonds. The monoisotopic (exact) mass is 338 g/mol. The molecule has 1 aliphatic heterocycles. The van der Waals surface area contributed by atoms with Crippen molar-refractivity contribution in [2.75, 3.05) is 38.9 Å². The maximum Gasteiger partial charge on any atom is 0.0672 e. The van der Waals surface area contributed by atoms with E-state index in [1.807, 2.05) is 12.1 Å². The molecule has 1 heterocycles. The number of rotatable bonds is 7. The fraction of sp³-hybridized carbons (Fsp3) is 0.667. The lowest BCUT2D eigenvalue weighted by molar-refractivity contribution is 0.144. The van der Waals surface area contributed by atoms with Gasteiger partial charge in [-0.2, -0.15) is 0 Å². The number of hydrogen-bond acceptors (Lipinski definition) is 2. The lowest BCUT2D eigenvalue weighted by Crippen LogP contribution is -2.52. The van der Waals surface area contributed by atoms with Crippen LogP contribution in [0.1, 0.15) is 25.3 Å². The van der Waals surface area contributed by atoms with Crippen molar-refractivity contribution in [1.29, 1.82) is 0 Å². The van der Waals surface area contributed by atoms with E-state index >= 15 is 0 Å². The molecule has 0 spiro atoms. The summed E-state index contributed by atoms with van der Waals surface area (Å²) in [6.07, 6.45) is 3.97. The van der Waals surface area contributed by atoms with Gasteiger partial charge in [0.2, 0.25) is 0 Å². The minimum absolute atomic E-state index is 0.839. The first-order chi connectivity index (χ1) is 10.5. The van der Waals surface area contributed by atoms with Crippen LogP contribution in [0.5, 0.6) is 0 Å². The quantitative estimate of drug-likeness (QED) is 0.691. The van der Waals surface area contributed by atoms with Gasteiger partial charge in [0.05, 0.1) is 8.07 Å². The number of piperazine rings is 1. The fourth-order valence-electron chi connectivity index (χ4n) is 3.37. The van der Waals surface area contributed by atoms with Crippen LogP contribution < -0.4 is 0 Å². The van der Waals surface area contributed by atoms with Crippen molar-refractivity contribution in [3.63, 3.8) is 0 Å². The van der Waals surface area contributed by atoms with Crippen LogP contribution in [0.2, 0.25) is 18.1 Å². The summed E-state index contributed by atoms with van der Waals surface area (Å²) in [5.74, 6) is 0. The molecule has 1 aromatic rings. The highest BCUT2D eigenvalue weighted by Gasteiger charge is 2.26. The summed E-state index contributed by atoms with van der Waals surface area (Å²) in [4.78, 5) is 5.33. The molecule has 1 fully saturated rings. The molecule has 4 heteroatoms. The first-order valence-corrected chi connectivity index (χ1v) is 12.5. The predicted octanol–water partition coefficient (Wildman–Crippen LogP) is 4.09. The molecule has 0 bridgehead atoms. The van der Waals surface area contributed by atoms with E-state index in [1.165, 1.54) is 63.3 Å². The molecule has 1 aliphatic rings. The predicted molar refractivity (Wildman–Crippen MR) is 100 cm³/mol. The standard InChI is InChI=1S/C18H31ClN2Si/c1-4-5-10-20-11-13-21(14-12-20)16-22(2,3)15-17-6-8-18(19)9-7-17/h6-9H,4-5,10-16H2,1-3H3. The Kier molecular flexibility index (Phi) is 6.94. The molecule has 0 radical (unpaired) electrons. The van der Waals surface area contributed by atoms with Gasteiger partial charge in [0.25, 0.3) is 0 Å². The average Bonchev–Trinajstić information content (AvgIpc) is 2.48. The normalized spacial score (nSPS) is 17.8. The molecule has 1 aromatic carbocycles. The summed E-state index contributed by atoms with van der Waals surface area (Å²) < 4.78 is 0. The van der Waals surface area contributed by atoms with Crippen LogP contribution in [0.4, 0.5) is 0 Å². The maximum absolute atomic E-state index is 5.99. The summed E-state index contributed by atoms with van der Waals surface area (Å²) in [7, 11) is -1.23. The van der Waals surface area contributed by atoms with Gasteiger partial charge in [-0.05, 0) is 37.3 Å². The van der Waals surface area contributed by atoms with Crippen molar-refractivity contribution in [3.05, 3.63) is 34.9 Å². The Morgan fingerprint density at radius 2 is 1.59 bits per heavy atom. The van der Waals surface area contributed by atoms with E-state index in [-0.39, 0.29) is 0 Å². The Morgan fingerprint density at radius 1 is 1.00 bits per heavy atom. The zero-order valence-electron chi connectivity index (χ0n) is 14.4. The third-order valence-corrected chi connectivity index (χ3v) is 7.46. The minimum atomic E-state index is -1.23. The SMILES string of the molecule is CCCCN1CCN(C[Si](C)(C)Cc2ccc(Cl)cc2)CC1. The van der Waals surface area contributed by atoms with Crippen molar-refractivity contribution in [2.45, 2.75) is 38.9 Å². The van der Waals surface area contributed by atoms with E-state index in [1.54, 1.807) is 0 Å². The number of unbranched alkanes of at least 4 members (excludes halogenated alkanes) is 1. The average molecular weight is 339 g/mol. The van der Waals surface area contributed by atoms with Crippen molar-refractivity contribution < 1.29 is 0 Å². The molecule has 2 nitrogen and oxygen atoms in total. The van der Waals surface area contributed by atoms with Crippen molar-refractivity contribution in [2.24, 2.45) is 0 Å². The van der Waals surface area contributed by atoms with Gasteiger partial charge in [-0.3, -0.25) is 0 Å². The Hall–Kier alpha value is -0.353. The van der Waals surface area contributed by atoms with E-state index < -0.39 is 8.07 Å². The van der Waals surface area contributed by atoms with Crippen LogP contribution >= 0.6 is 11.6 Å². The van der Waals surface area contributed by atoms with Crippen molar-refractivity contribution in [1.82, 2.24) is 9.80 Å². The number of benzene rings is 1. The van der Waals surface area contributed by atoms with Gasteiger partial charge in [-0.15, -0.1) is 0 Å². The Balaban J connectivity index is 1.78. The fourth-order valence-corrected chi connectivity index (χ4v) is 6.47. The first-order valence-electron chi connectivity index (χ1n) is 8.68. The maximum atomic E-state index is 5.99. The van der Waals surface area contributed by atoms with Gasteiger partial charge in [-0.1, -0.05) is 55.7 Å². The van der Waals surface area contributed by atoms with E-state index in [9.17, 15) is 0 Å². The van der Waals surface area contributed by atoms with E-state index in [0.29, 0.717) is 0 Å². The molecule has 0 N–H and O–H groups in total. The first kappa shape index (κ1) is 18.0. The largest absolute Gasteiger partial charge is 0.304 e. The zero-order chi connectivity index (χ0) is 16.0. The summed E-state index contributed by atoms with van der Waals surface area (Å²) in [5, 5.41) is 0.839. The summed E-state index contributed by atoms with van der Waals surface area (Å²) >= 11 is 5.99. The third-order valence-electron chi connectivity index (χ3n) is 4.54. The number of halogens is 1. The third kappa shape index (κ3) is 6.03. The van der Waals surface area contributed by atoms with E-state index in [4.69, 9.17) is 11.6 Å². The number of nitrogens with zero attached hydrogens (tertiary/aromatic N) is 2. The molecular weight excluding hydrogens is 308 g/mol. The second-order valence-corrected chi connectivity index (χ2v) is 12.9. The lowest BCUT2D eigenvalue weighted by atomic mass is 10.2. The smallest absolute Gasteiger partial charge is 0.0672 e. The second-order valence-electron chi connectivity index (χ2n) is 7.44. The topological polar surface area (TPSA) is 6.48 Å². The van der Waals surface area contributed by atoms with Crippen LogP contribution in [0.15, 0.2) is 24.3 Å². The van der Waals surface area contributed by atoms with E-state index in [2.05, 4.69) is 42.0 Å². The van der Waals surface area contributed by atoms with Crippen LogP contribution in [0.25, 0.3) is 0 Å². The van der Waals surface area contributed by atoms with Crippen LogP contribution in [-0.4, -0.2) is 56.8 Å². The minimum Gasteiger partial charge on any atom is -0.304 e. The van der Waals surface area contributed by atoms with Crippen molar-refractivity contribution in [3.8, 4) is 0 Å². The molecule has 0 saturated carbocycles.